The largest absolute Gasteiger partial charge is 0.396 e. The predicted octanol–water partition coefficient (Wildman–Crippen LogP) is 2.96. The molecule has 1 aliphatic heterocycles. The van der Waals surface area contributed by atoms with Crippen LogP contribution in [0.5, 0.6) is 0 Å². The topological polar surface area (TPSA) is 58.6 Å². The lowest BCUT2D eigenvalue weighted by Crippen LogP contribution is -2.43. The zero-order valence-corrected chi connectivity index (χ0v) is 15.2. The van der Waals surface area contributed by atoms with Gasteiger partial charge in [-0.25, -0.2) is 0 Å². The van der Waals surface area contributed by atoms with E-state index in [0.717, 1.165) is 19.3 Å². The molecular formula is C20H31NO3. The maximum Gasteiger partial charge on any atom is 0.220 e. The molecule has 0 atom stereocenters. The molecule has 1 aromatic carbocycles. The first-order valence-corrected chi connectivity index (χ1v) is 8.89. The minimum atomic E-state index is -0.208. The number of aliphatic hydroxyl groups is 1. The number of hydrogen-bond acceptors (Lipinski definition) is 3. The summed E-state index contributed by atoms with van der Waals surface area (Å²) < 4.78 is 5.36. The number of rotatable bonds is 7. The highest BCUT2D eigenvalue weighted by Crippen LogP contribution is 2.30. The van der Waals surface area contributed by atoms with Gasteiger partial charge in [0.1, 0.15) is 0 Å². The summed E-state index contributed by atoms with van der Waals surface area (Å²) in [5.74, 6) is 0.0644. The minimum absolute atomic E-state index is 0.0294. The summed E-state index contributed by atoms with van der Waals surface area (Å²) in [5.41, 5.74) is 2.27. The van der Waals surface area contributed by atoms with Crippen LogP contribution in [0.25, 0.3) is 0 Å². The number of nitrogens with one attached hydrogen (secondary N) is 1. The first kappa shape index (κ1) is 18.9. The Morgan fingerprint density at radius 1 is 1.25 bits per heavy atom. The SMILES string of the molecule is Cc1ccc(C(C)(C)CCC(=O)NCC2(CO)CCOCC2)cc1. The standard InChI is InChI=1S/C20H31NO3/c1-16-4-6-17(7-5-16)19(2,3)9-8-18(23)21-14-20(15-22)10-12-24-13-11-20/h4-7,22H,8-15H2,1-3H3,(H,21,23). The summed E-state index contributed by atoms with van der Waals surface area (Å²) >= 11 is 0. The smallest absolute Gasteiger partial charge is 0.220 e. The average molecular weight is 333 g/mol. The van der Waals surface area contributed by atoms with Crippen molar-refractivity contribution in [2.45, 2.75) is 51.9 Å². The lowest BCUT2D eigenvalue weighted by molar-refractivity contribution is -0.122. The third kappa shape index (κ3) is 5.05. The summed E-state index contributed by atoms with van der Waals surface area (Å²) in [4.78, 5) is 12.3. The van der Waals surface area contributed by atoms with Crippen molar-refractivity contribution in [2.24, 2.45) is 5.41 Å². The first-order chi connectivity index (χ1) is 11.4. The molecule has 0 aromatic heterocycles. The fourth-order valence-electron chi connectivity index (χ4n) is 3.14. The molecule has 0 bridgehead atoms. The van der Waals surface area contributed by atoms with Crippen LogP contribution in [0.4, 0.5) is 0 Å². The van der Waals surface area contributed by atoms with Gasteiger partial charge in [-0.15, -0.1) is 0 Å². The Morgan fingerprint density at radius 2 is 1.88 bits per heavy atom. The Balaban J connectivity index is 1.82. The van der Waals surface area contributed by atoms with E-state index < -0.39 is 0 Å². The molecule has 0 radical (unpaired) electrons. The molecule has 1 aliphatic rings. The second-order valence-corrected chi connectivity index (χ2v) is 7.80. The van der Waals surface area contributed by atoms with E-state index in [0.29, 0.717) is 26.2 Å². The highest BCUT2D eigenvalue weighted by molar-refractivity contribution is 5.76. The number of aryl methyl sites for hydroxylation is 1. The van der Waals surface area contributed by atoms with Crippen LogP contribution >= 0.6 is 0 Å². The Labute approximate surface area is 145 Å². The third-order valence-electron chi connectivity index (χ3n) is 5.36. The molecule has 0 spiro atoms. The van der Waals surface area contributed by atoms with Crippen LogP contribution in [0.2, 0.25) is 0 Å². The second-order valence-electron chi connectivity index (χ2n) is 7.80. The maximum atomic E-state index is 12.3. The Morgan fingerprint density at radius 3 is 2.46 bits per heavy atom. The zero-order chi connectivity index (χ0) is 17.6. The number of aliphatic hydroxyl groups excluding tert-OH is 1. The van der Waals surface area contributed by atoms with Crippen LogP contribution in [0.15, 0.2) is 24.3 Å². The van der Waals surface area contributed by atoms with Crippen LogP contribution in [0, 0.1) is 12.3 Å². The van der Waals surface area contributed by atoms with Gasteiger partial charge in [-0.05, 0) is 37.2 Å². The molecule has 1 amide bonds. The van der Waals surface area contributed by atoms with Gasteiger partial charge in [0.05, 0.1) is 6.61 Å². The summed E-state index contributed by atoms with van der Waals surface area (Å²) in [5, 5.41) is 12.7. The molecule has 1 saturated heterocycles. The minimum Gasteiger partial charge on any atom is -0.396 e. The highest BCUT2D eigenvalue weighted by Gasteiger charge is 2.32. The fourth-order valence-corrected chi connectivity index (χ4v) is 3.14. The molecule has 134 valence electrons. The van der Waals surface area contributed by atoms with Crippen molar-refractivity contribution in [3.05, 3.63) is 35.4 Å². The van der Waals surface area contributed by atoms with E-state index in [1.165, 1.54) is 11.1 Å². The van der Waals surface area contributed by atoms with Gasteiger partial charge < -0.3 is 15.2 Å². The van der Waals surface area contributed by atoms with Crippen molar-refractivity contribution in [1.29, 1.82) is 0 Å². The van der Waals surface area contributed by atoms with Gasteiger partial charge in [-0.1, -0.05) is 43.7 Å². The number of benzene rings is 1. The Bertz CT molecular complexity index is 530. The number of hydrogen-bond donors (Lipinski definition) is 2. The van der Waals surface area contributed by atoms with Crippen LogP contribution in [-0.4, -0.2) is 37.4 Å². The molecule has 4 nitrogen and oxygen atoms in total. The van der Waals surface area contributed by atoms with Crippen molar-refractivity contribution in [3.8, 4) is 0 Å². The van der Waals surface area contributed by atoms with Crippen LogP contribution in [-0.2, 0) is 14.9 Å². The van der Waals surface area contributed by atoms with Crippen LogP contribution < -0.4 is 5.32 Å². The lowest BCUT2D eigenvalue weighted by atomic mass is 9.79. The number of carbonyl (C=O) groups is 1. The van der Waals surface area contributed by atoms with Crippen molar-refractivity contribution in [3.63, 3.8) is 0 Å². The Kier molecular flexibility index (Phi) is 6.41. The molecule has 1 fully saturated rings. The van der Waals surface area contributed by atoms with Crippen molar-refractivity contribution in [2.75, 3.05) is 26.4 Å². The van der Waals surface area contributed by atoms with Gasteiger partial charge >= 0.3 is 0 Å². The maximum absolute atomic E-state index is 12.3. The van der Waals surface area contributed by atoms with Gasteiger partial charge in [0, 0.05) is 31.6 Å². The molecule has 2 N–H and O–H groups in total. The molecule has 0 unspecified atom stereocenters. The monoisotopic (exact) mass is 333 g/mol. The van der Waals surface area contributed by atoms with E-state index in [2.05, 4.69) is 50.4 Å². The van der Waals surface area contributed by atoms with E-state index >= 15 is 0 Å². The molecule has 2 rings (SSSR count). The average Bonchev–Trinajstić information content (AvgIpc) is 2.59. The predicted molar refractivity (Wildman–Crippen MR) is 96.0 cm³/mol. The van der Waals surface area contributed by atoms with Gasteiger partial charge in [-0.3, -0.25) is 4.79 Å². The summed E-state index contributed by atoms with van der Waals surface area (Å²) in [6, 6.07) is 8.53. The van der Waals surface area contributed by atoms with Gasteiger partial charge in [0.2, 0.25) is 5.91 Å². The fraction of sp³-hybridized carbons (Fsp3) is 0.650. The van der Waals surface area contributed by atoms with E-state index in [1.54, 1.807) is 0 Å². The number of ether oxygens (including phenoxy) is 1. The lowest BCUT2D eigenvalue weighted by Gasteiger charge is -2.35. The second kappa shape index (κ2) is 8.13. The number of amides is 1. The van der Waals surface area contributed by atoms with E-state index in [-0.39, 0.29) is 23.3 Å². The zero-order valence-electron chi connectivity index (χ0n) is 15.2. The van der Waals surface area contributed by atoms with Gasteiger partial charge in [-0.2, -0.15) is 0 Å². The normalized spacial score (nSPS) is 17.5. The molecule has 4 heteroatoms. The van der Waals surface area contributed by atoms with Crippen molar-refractivity contribution in [1.82, 2.24) is 5.32 Å². The summed E-state index contributed by atoms with van der Waals surface area (Å²) in [7, 11) is 0. The van der Waals surface area contributed by atoms with E-state index in [9.17, 15) is 9.90 Å². The van der Waals surface area contributed by atoms with E-state index in [1.807, 2.05) is 0 Å². The summed E-state index contributed by atoms with van der Waals surface area (Å²) in [6.07, 6.45) is 2.91. The molecule has 0 aliphatic carbocycles. The number of carbonyl (C=O) groups excluding carboxylic acids is 1. The molecule has 24 heavy (non-hydrogen) atoms. The van der Waals surface area contributed by atoms with Crippen molar-refractivity contribution >= 4 is 5.91 Å². The molecule has 1 heterocycles. The van der Waals surface area contributed by atoms with Gasteiger partial charge in [0.15, 0.2) is 0 Å². The van der Waals surface area contributed by atoms with E-state index in [4.69, 9.17) is 4.74 Å². The van der Waals surface area contributed by atoms with Crippen LogP contribution in [0.1, 0.15) is 50.7 Å². The highest BCUT2D eigenvalue weighted by atomic mass is 16.5. The molecular weight excluding hydrogens is 302 g/mol. The molecule has 0 saturated carbocycles. The third-order valence-corrected chi connectivity index (χ3v) is 5.36. The van der Waals surface area contributed by atoms with Gasteiger partial charge in [0.25, 0.3) is 0 Å². The first-order valence-electron chi connectivity index (χ1n) is 8.89. The quantitative estimate of drug-likeness (QED) is 0.806. The van der Waals surface area contributed by atoms with Crippen LogP contribution in [0.3, 0.4) is 0 Å². The Hall–Kier alpha value is -1.39. The molecule has 1 aromatic rings. The summed E-state index contributed by atoms with van der Waals surface area (Å²) in [6.45, 7) is 8.41. The van der Waals surface area contributed by atoms with Crippen molar-refractivity contribution < 1.29 is 14.6 Å².